The number of rotatable bonds is 3. The van der Waals surface area contributed by atoms with Gasteiger partial charge in [-0.25, -0.2) is 0 Å². The van der Waals surface area contributed by atoms with Gasteiger partial charge in [-0.3, -0.25) is 0 Å². The van der Waals surface area contributed by atoms with Gasteiger partial charge in [-0.05, 0) is 51.1 Å². The summed E-state index contributed by atoms with van der Waals surface area (Å²) in [6, 6.07) is 1.61. The summed E-state index contributed by atoms with van der Waals surface area (Å²) in [4.78, 5) is 2.56. The second-order valence-corrected chi connectivity index (χ2v) is 5.94. The molecular formula is C12H24N2S. The highest BCUT2D eigenvalue weighted by atomic mass is 32.2. The predicted molar refractivity (Wildman–Crippen MR) is 68.6 cm³/mol. The molecule has 2 fully saturated rings. The zero-order valence-electron chi connectivity index (χ0n) is 9.87. The van der Waals surface area contributed by atoms with Gasteiger partial charge in [0.05, 0.1) is 0 Å². The van der Waals surface area contributed by atoms with Gasteiger partial charge < -0.3 is 10.2 Å². The Morgan fingerprint density at radius 2 is 2.00 bits per heavy atom. The van der Waals surface area contributed by atoms with E-state index in [1.54, 1.807) is 0 Å². The van der Waals surface area contributed by atoms with Crippen LogP contribution in [0.4, 0.5) is 0 Å². The van der Waals surface area contributed by atoms with E-state index in [2.05, 4.69) is 28.9 Å². The van der Waals surface area contributed by atoms with E-state index in [1.807, 2.05) is 0 Å². The number of likely N-dealkylation sites (tertiary alicyclic amines) is 1. The van der Waals surface area contributed by atoms with Gasteiger partial charge in [0, 0.05) is 17.8 Å². The van der Waals surface area contributed by atoms with Gasteiger partial charge in [0.1, 0.15) is 0 Å². The van der Waals surface area contributed by atoms with Crippen molar-refractivity contribution in [3.8, 4) is 0 Å². The first-order valence-corrected chi connectivity index (χ1v) is 7.60. The Balaban J connectivity index is 1.67. The molecule has 0 saturated carbocycles. The molecule has 0 bridgehead atoms. The van der Waals surface area contributed by atoms with Crippen molar-refractivity contribution in [1.82, 2.24) is 10.2 Å². The minimum Gasteiger partial charge on any atom is -0.310 e. The van der Waals surface area contributed by atoms with Crippen LogP contribution in [0.1, 0.15) is 32.6 Å². The maximum absolute atomic E-state index is 3.85. The van der Waals surface area contributed by atoms with Crippen molar-refractivity contribution in [2.75, 3.05) is 31.1 Å². The van der Waals surface area contributed by atoms with Gasteiger partial charge in [0.25, 0.3) is 0 Å². The third-order valence-electron chi connectivity index (χ3n) is 3.67. The van der Waals surface area contributed by atoms with Gasteiger partial charge in [0.15, 0.2) is 0 Å². The second-order valence-electron chi connectivity index (χ2n) is 4.79. The first-order valence-electron chi connectivity index (χ1n) is 6.44. The first kappa shape index (κ1) is 11.7. The SMILES string of the molecule is CCN1CCC(NC2CCCSC2)CC1. The molecule has 0 aromatic rings. The monoisotopic (exact) mass is 228 g/mol. The molecule has 0 aromatic heterocycles. The van der Waals surface area contributed by atoms with Crippen LogP contribution < -0.4 is 5.32 Å². The number of piperidine rings is 1. The molecular weight excluding hydrogens is 204 g/mol. The molecule has 1 unspecified atom stereocenters. The zero-order valence-corrected chi connectivity index (χ0v) is 10.7. The highest BCUT2D eigenvalue weighted by molar-refractivity contribution is 7.99. The number of hydrogen-bond donors (Lipinski definition) is 1. The van der Waals surface area contributed by atoms with Gasteiger partial charge in [0.2, 0.25) is 0 Å². The lowest BCUT2D eigenvalue weighted by Crippen LogP contribution is -2.47. The lowest BCUT2D eigenvalue weighted by molar-refractivity contribution is 0.199. The zero-order chi connectivity index (χ0) is 10.5. The lowest BCUT2D eigenvalue weighted by atomic mass is 10.0. The molecule has 0 aromatic carbocycles. The molecule has 3 heteroatoms. The summed E-state index contributed by atoms with van der Waals surface area (Å²) in [6.07, 6.45) is 5.53. The molecule has 2 aliphatic rings. The predicted octanol–water partition coefficient (Wildman–Crippen LogP) is 1.96. The second kappa shape index (κ2) is 6.12. The van der Waals surface area contributed by atoms with E-state index >= 15 is 0 Å². The van der Waals surface area contributed by atoms with E-state index in [4.69, 9.17) is 0 Å². The van der Waals surface area contributed by atoms with Crippen LogP contribution in [0, 0.1) is 0 Å². The van der Waals surface area contributed by atoms with Crippen LogP contribution in [0.3, 0.4) is 0 Å². The van der Waals surface area contributed by atoms with Crippen molar-refractivity contribution in [3.63, 3.8) is 0 Å². The molecule has 2 rings (SSSR count). The van der Waals surface area contributed by atoms with E-state index in [9.17, 15) is 0 Å². The first-order chi connectivity index (χ1) is 7.38. The Morgan fingerprint density at radius 1 is 1.20 bits per heavy atom. The van der Waals surface area contributed by atoms with E-state index in [1.165, 1.54) is 56.8 Å². The van der Waals surface area contributed by atoms with E-state index in [0.29, 0.717) is 0 Å². The van der Waals surface area contributed by atoms with E-state index in [0.717, 1.165) is 12.1 Å². The Hall–Kier alpha value is 0.270. The summed E-state index contributed by atoms with van der Waals surface area (Å²) in [6.45, 7) is 6.10. The number of hydrogen-bond acceptors (Lipinski definition) is 3. The number of thioether (sulfide) groups is 1. The lowest BCUT2D eigenvalue weighted by Gasteiger charge is -2.35. The summed E-state index contributed by atoms with van der Waals surface area (Å²) in [7, 11) is 0. The molecule has 15 heavy (non-hydrogen) atoms. The molecule has 1 atom stereocenters. The molecule has 2 nitrogen and oxygen atoms in total. The molecule has 88 valence electrons. The molecule has 0 amide bonds. The van der Waals surface area contributed by atoms with Crippen LogP contribution >= 0.6 is 11.8 Å². The average molecular weight is 228 g/mol. The normalized spacial score (nSPS) is 30.6. The minimum absolute atomic E-state index is 0.802. The average Bonchev–Trinajstić information content (AvgIpc) is 2.31. The summed E-state index contributed by atoms with van der Waals surface area (Å²) in [5.41, 5.74) is 0. The molecule has 1 N–H and O–H groups in total. The Bertz CT molecular complexity index is 172. The fraction of sp³-hybridized carbons (Fsp3) is 1.00. The summed E-state index contributed by atoms with van der Waals surface area (Å²) in [5.74, 6) is 2.72. The Morgan fingerprint density at radius 3 is 2.60 bits per heavy atom. The Labute approximate surface area is 98.2 Å². The Kier molecular flexibility index (Phi) is 4.79. The van der Waals surface area contributed by atoms with Crippen LogP contribution in [0.2, 0.25) is 0 Å². The molecule has 2 saturated heterocycles. The van der Waals surface area contributed by atoms with Crippen molar-refractivity contribution in [2.45, 2.75) is 44.7 Å². The standard InChI is InChI=1S/C12H24N2S/c1-2-14-7-5-11(6-8-14)13-12-4-3-9-15-10-12/h11-13H,2-10H2,1H3. The maximum atomic E-state index is 3.85. The largest absolute Gasteiger partial charge is 0.310 e. The number of nitrogens with zero attached hydrogens (tertiary/aromatic N) is 1. The van der Waals surface area contributed by atoms with Crippen molar-refractivity contribution >= 4 is 11.8 Å². The summed E-state index contributed by atoms with van der Waals surface area (Å²) < 4.78 is 0. The van der Waals surface area contributed by atoms with Crippen molar-refractivity contribution in [1.29, 1.82) is 0 Å². The maximum Gasteiger partial charge on any atom is 0.0161 e. The topological polar surface area (TPSA) is 15.3 Å². The highest BCUT2D eigenvalue weighted by Crippen LogP contribution is 2.19. The molecule has 0 spiro atoms. The van der Waals surface area contributed by atoms with Crippen molar-refractivity contribution in [2.24, 2.45) is 0 Å². The fourth-order valence-corrected chi connectivity index (χ4v) is 3.71. The highest BCUT2D eigenvalue weighted by Gasteiger charge is 2.21. The van der Waals surface area contributed by atoms with Crippen molar-refractivity contribution < 1.29 is 0 Å². The van der Waals surface area contributed by atoms with Crippen molar-refractivity contribution in [3.05, 3.63) is 0 Å². The van der Waals surface area contributed by atoms with Crippen LogP contribution in [-0.2, 0) is 0 Å². The van der Waals surface area contributed by atoms with E-state index < -0.39 is 0 Å². The van der Waals surface area contributed by atoms with Crippen LogP contribution in [-0.4, -0.2) is 48.1 Å². The van der Waals surface area contributed by atoms with Crippen LogP contribution in [0.25, 0.3) is 0 Å². The van der Waals surface area contributed by atoms with Gasteiger partial charge in [-0.15, -0.1) is 0 Å². The summed E-state index contributed by atoms with van der Waals surface area (Å²) >= 11 is 2.12. The number of nitrogens with one attached hydrogen (secondary N) is 1. The van der Waals surface area contributed by atoms with E-state index in [-0.39, 0.29) is 0 Å². The van der Waals surface area contributed by atoms with Crippen LogP contribution in [0.5, 0.6) is 0 Å². The third-order valence-corrected chi connectivity index (χ3v) is 4.88. The van der Waals surface area contributed by atoms with Gasteiger partial charge in [-0.1, -0.05) is 6.92 Å². The summed E-state index contributed by atoms with van der Waals surface area (Å²) in [5, 5.41) is 3.85. The molecule has 0 aliphatic carbocycles. The van der Waals surface area contributed by atoms with Crippen LogP contribution in [0.15, 0.2) is 0 Å². The molecule has 2 aliphatic heterocycles. The quantitative estimate of drug-likeness (QED) is 0.795. The fourth-order valence-electron chi connectivity index (χ4n) is 2.62. The van der Waals surface area contributed by atoms with Gasteiger partial charge in [-0.2, -0.15) is 11.8 Å². The minimum atomic E-state index is 0.802. The van der Waals surface area contributed by atoms with Gasteiger partial charge >= 0.3 is 0 Å². The molecule has 2 heterocycles. The molecule has 0 radical (unpaired) electrons. The smallest absolute Gasteiger partial charge is 0.0161 e. The third kappa shape index (κ3) is 3.65.